The Labute approximate surface area is 144 Å². The highest BCUT2D eigenvalue weighted by molar-refractivity contribution is 7.09. The second-order valence-electron chi connectivity index (χ2n) is 6.13. The van der Waals surface area contributed by atoms with Crippen LogP contribution >= 0.6 is 11.3 Å². The Hall–Kier alpha value is -2.18. The zero-order valence-corrected chi connectivity index (χ0v) is 15.0. The lowest BCUT2D eigenvalue weighted by molar-refractivity contribution is 0.0851. The Morgan fingerprint density at radius 3 is 2.71 bits per heavy atom. The molecule has 2 aromatic heterocycles. The van der Waals surface area contributed by atoms with Gasteiger partial charge in [-0.25, -0.2) is 4.98 Å². The number of benzene rings is 1. The average Bonchev–Trinajstić information content (AvgIpc) is 3.15. The van der Waals surface area contributed by atoms with Crippen molar-refractivity contribution in [3.63, 3.8) is 0 Å². The van der Waals surface area contributed by atoms with Gasteiger partial charge in [0.1, 0.15) is 5.69 Å². The molecule has 1 aromatic carbocycles. The van der Waals surface area contributed by atoms with Crippen LogP contribution in [0.5, 0.6) is 0 Å². The number of aromatic nitrogens is 2. The second-order valence-corrected chi connectivity index (χ2v) is 7.20. The molecule has 0 spiro atoms. The number of amides is 1. The Morgan fingerprint density at radius 1 is 1.33 bits per heavy atom. The fourth-order valence-corrected chi connectivity index (χ4v) is 3.41. The molecule has 5 nitrogen and oxygen atoms in total. The number of carbonyl (C=O) groups is 1. The minimum Gasteiger partial charge on any atom is -0.391 e. The molecule has 0 radical (unpaired) electrons. The lowest BCUT2D eigenvalue weighted by atomic mass is 10.1. The summed E-state index contributed by atoms with van der Waals surface area (Å²) in [5.41, 5.74) is 4.44. The molecule has 6 heteroatoms. The Morgan fingerprint density at radius 2 is 2.08 bits per heavy atom. The highest BCUT2D eigenvalue weighted by atomic mass is 32.1. The van der Waals surface area contributed by atoms with Crippen molar-refractivity contribution in [2.45, 2.75) is 39.8 Å². The monoisotopic (exact) mass is 343 g/mol. The minimum atomic E-state index is -0.733. The van der Waals surface area contributed by atoms with E-state index in [-0.39, 0.29) is 5.91 Å². The van der Waals surface area contributed by atoms with E-state index in [1.807, 2.05) is 37.4 Å². The van der Waals surface area contributed by atoms with Crippen molar-refractivity contribution in [1.82, 2.24) is 15.3 Å². The number of aliphatic hydroxyl groups is 1. The summed E-state index contributed by atoms with van der Waals surface area (Å²) < 4.78 is 0. The zero-order valence-electron chi connectivity index (χ0n) is 14.2. The first-order valence-corrected chi connectivity index (χ1v) is 8.74. The van der Waals surface area contributed by atoms with E-state index in [1.54, 1.807) is 6.92 Å². The van der Waals surface area contributed by atoms with Gasteiger partial charge in [-0.1, -0.05) is 6.07 Å². The first-order valence-electron chi connectivity index (χ1n) is 7.86. The van der Waals surface area contributed by atoms with Crippen molar-refractivity contribution in [3.8, 4) is 0 Å². The van der Waals surface area contributed by atoms with E-state index >= 15 is 0 Å². The van der Waals surface area contributed by atoms with Gasteiger partial charge in [0.05, 0.1) is 22.8 Å². The van der Waals surface area contributed by atoms with Crippen LogP contribution in [0.4, 0.5) is 0 Å². The normalized spacial score (nSPS) is 13.9. The van der Waals surface area contributed by atoms with Gasteiger partial charge in [-0.3, -0.25) is 4.79 Å². The maximum absolute atomic E-state index is 12.6. The molecule has 0 aliphatic heterocycles. The number of nitrogens with zero attached hydrogens (tertiary/aromatic N) is 1. The maximum Gasteiger partial charge on any atom is 0.268 e. The maximum atomic E-state index is 12.6. The van der Waals surface area contributed by atoms with Crippen molar-refractivity contribution in [3.05, 3.63) is 51.1 Å². The smallest absolute Gasteiger partial charge is 0.268 e. The van der Waals surface area contributed by atoms with Crippen LogP contribution in [0.1, 0.15) is 45.3 Å². The number of rotatable bonds is 4. The molecule has 3 N–H and O–H groups in total. The van der Waals surface area contributed by atoms with Crippen LogP contribution in [0.3, 0.4) is 0 Å². The number of aryl methyl sites for hydroxylation is 3. The molecule has 3 rings (SSSR count). The number of carbonyl (C=O) groups excluding carboxylic acids is 1. The van der Waals surface area contributed by atoms with E-state index in [1.165, 1.54) is 16.9 Å². The molecule has 0 fully saturated rings. The van der Waals surface area contributed by atoms with E-state index in [2.05, 4.69) is 22.2 Å². The first-order chi connectivity index (χ1) is 11.4. The van der Waals surface area contributed by atoms with Crippen molar-refractivity contribution in [1.29, 1.82) is 0 Å². The van der Waals surface area contributed by atoms with Gasteiger partial charge >= 0.3 is 0 Å². The van der Waals surface area contributed by atoms with Crippen LogP contribution in [-0.4, -0.2) is 27.1 Å². The summed E-state index contributed by atoms with van der Waals surface area (Å²) >= 11 is 1.50. The van der Waals surface area contributed by atoms with Gasteiger partial charge in [-0.2, -0.15) is 0 Å². The Kier molecular flexibility index (Phi) is 4.43. The molecule has 0 bridgehead atoms. The van der Waals surface area contributed by atoms with Gasteiger partial charge in [0.15, 0.2) is 0 Å². The molecular formula is C18H21N3O2S. The summed E-state index contributed by atoms with van der Waals surface area (Å²) in [5, 5.41) is 16.7. The van der Waals surface area contributed by atoms with Crippen molar-refractivity contribution in [2.24, 2.45) is 0 Å². The molecule has 1 amide bonds. The third-order valence-electron chi connectivity index (χ3n) is 4.31. The van der Waals surface area contributed by atoms with Gasteiger partial charge in [0.2, 0.25) is 0 Å². The molecule has 2 unspecified atom stereocenters. The van der Waals surface area contributed by atoms with E-state index < -0.39 is 12.1 Å². The number of aromatic amines is 1. The van der Waals surface area contributed by atoms with Crippen LogP contribution in [0, 0.1) is 20.8 Å². The van der Waals surface area contributed by atoms with Crippen LogP contribution < -0.4 is 5.32 Å². The largest absolute Gasteiger partial charge is 0.391 e. The van der Waals surface area contributed by atoms with Gasteiger partial charge < -0.3 is 15.4 Å². The quantitative estimate of drug-likeness (QED) is 0.679. The van der Waals surface area contributed by atoms with Crippen molar-refractivity contribution < 1.29 is 9.90 Å². The molecule has 126 valence electrons. The zero-order chi connectivity index (χ0) is 17.4. The summed E-state index contributed by atoms with van der Waals surface area (Å²) in [6.07, 6.45) is -0.733. The Bertz CT molecular complexity index is 895. The summed E-state index contributed by atoms with van der Waals surface area (Å²) in [6, 6.07) is 5.34. The molecule has 2 heterocycles. The van der Waals surface area contributed by atoms with Gasteiger partial charge in [0, 0.05) is 16.3 Å². The van der Waals surface area contributed by atoms with Crippen molar-refractivity contribution >= 4 is 28.1 Å². The molecular weight excluding hydrogens is 322 g/mol. The van der Waals surface area contributed by atoms with E-state index in [0.717, 1.165) is 21.5 Å². The fraction of sp³-hybridized carbons (Fsp3) is 0.333. The molecule has 3 aromatic rings. The molecule has 0 aliphatic carbocycles. The van der Waals surface area contributed by atoms with Crippen LogP contribution in [0.2, 0.25) is 0 Å². The SMILES string of the molecule is Cc1nc(C(NC(=O)c2cc3c(C)c(C)ccc3[nH]2)C(C)O)cs1. The van der Waals surface area contributed by atoms with Crippen LogP contribution in [0.15, 0.2) is 23.6 Å². The number of hydrogen-bond acceptors (Lipinski definition) is 4. The first kappa shape index (κ1) is 16.7. The predicted octanol–water partition coefficient (Wildman–Crippen LogP) is 3.40. The highest BCUT2D eigenvalue weighted by Crippen LogP contribution is 2.24. The van der Waals surface area contributed by atoms with Gasteiger partial charge in [-0.15, -0.1) is 11.3 Å². The number of fused-ring (bicyclic) bond motifs is 1. The highest BCUT2D eigenvalue weighted by Gasteiger charge is 2.23. The number of thiazole rings is 1. The van der Waals surface area contributed by atoms with Gasteiger partial charge in [0.25, 0.3) is 5.91 Å². The number of H-pyrrole nitrogens is 1. The summed E-state index contributed by atoms with van der Waals surface area (Å²) in [5.74, 6) is -0.250. The summed E-state index contributed by atoms with van der Waals surface area (Å²) in [4.78, 5) is 20.2. The van der Waals surface area contributed by atoms with Crippen LogP contribution in [-0.2, 0) is 0 Å². The van der Waals surface area contributed by atoms with Crippen molar-refractivity contribution in [2.75, 3.05) is 0 Å². The minimum absolute atomic E-state index is 0.250. The molecule has 2 atom stereocenters. The molecule has 0 saturated carbocycles. The van der Waals surface area contributed by atoms with Gasteiger partial charge in [-0.05, 0) is 51.0 Å². The third-order valence-corrected chi connectivity index (χ3v) is 5.10. The number of nitrogens with one attached hydrogen (secondary N) is 2. The molecule has 0 aliphatic rings. The van der Waals surface area contributed by atoms with E-state index in [9.17, 15) is 9.90 Å². The molecule has 0 saturated heterocycles. The summed E-state index contributed by atoms with van der Waals surface area (Å²) in [7, 11) is 0. The lowest BCUT2D eigenvalue weighted by Gasteiger charge is -2.19. The van der Waals surface area contributed by atoms with Crippen LogP contribution in [0.25, 0.3) is 10.9 Å². The number of aliphatic hydroxyl groups excluding tert-OH is 1. The Balaban J connectivity index is 1.89. The standard InChI is InChI=1S/C18H21N3O2S/c1-9-5-6-14-13(10(9)2)7-15(20-14)18(23)21-17(11(3)22)16-8-24-12(4)19-16/h5-8,11,17,20,22H,1-4H3,(H,21,23). The average molecular weight is 343 g/mol. The number of hydrogen-bond donors (Lipinski definition) is 3. The topological polar surface area (TPSA) is 78.0 Å². The van der Waals surface area contributed by atoms with E-state index in [0.29, 0.717) is 11.4 Å². The predicted molar refractivity (Wildman–Crippen MR) is 96.5 cm³/mol. The summed E-state index contributed by atoms with van der Waals surface area (Å²) in [6.45, 7) is 7.65. The van der Waals surface area contributed by atoms with E-state index in [4.69, 9.17) is 0 Å². The third kappa shape index (κ3) is 3.07. The lowest BCUT2D eigenvalue weighted by Crippen LogP contribution is -2.35. The molecule has 24 heavy (non-hydrogen) atoms. The fourth-order valence-electron chi connectivity index (χ4n) is 2.76. The second kappa shape index (κ2) is 6.37.